The van der Waals surface area contributed by atoms with Crippen LogP contribution in [-0.4, -0.2) is 31.3 Å². The standard InChI is InChI=1S/C19H19NO2/c1-20(2)12-15(21)11-18-16-8-4-3-7-14(16)13-22-19-10-6-5-9-17(18)19/h3-11H,12-13H2,1-2H3/b18-11+. The van der Waals surface area contributed by atoms with Gasteiger partial charge in [-0.05, 0) is 42.9 Å². The van der Waals surface area contributed by atoms with Crippen molar-refractivity contribution >= 4 is 11.4 Å². The number of carbonyl (C=O) groups is 1. The van der Waals surface area contributed by atoms with Crippen molar-refractivity contribution in [3.63, 3.8) is 0 Å². The summed E-state index contributed by atoms with van der Waals surface area (Å²) in [4.78, 5) is 14.2. The van der Waals surface area contributed by atoms with Crippen LogP contribution in [0.15, 0.2) is 54.6 Å². The number of hydrogen-bond donors (Lipinski definition) is 0. The van der Waals surface area contributed by atoms with Gasteiger partial charge in [0.15, 0.2) is 5.78 Å². The van der Waals surface area contributed by atoms with Gasteiger partial charge in [0, 0.05) is 5.56 Å². The van der Waals surface area contributed by atoms with Crippen LogP contribution < -0.4 is 4.74 Å². The smallest absolute Gasteiger partial charge is 0.170 e. The number of likely N-dealkylation sites (N-methyl/N-ethyl adjacent to an activating group) is 1. The molecular weight excluding hydrogens is 274 g/mol. The molecule has 1 aliphatic heterocycles. The first-order valence-electron chi connectivity index (χ1n) is 7.35. The summed E-state index contributed by atoms with van der Waals surface area (Å²) >= 11 is 0. The predicted molar refractivity (Wildman–Crippen MR) is 87.9 cm³/mol. The third-order valence-corrected chi connectivity index (χ3v) is 3.65. The van der Waals surface area contributed by atoms with Crippen LogP contribution in [-0.2, 0) is 11.4 Å². The molecule has 0 saturated heterocycles. The number of nitrogens with zero attached hydrogens (tertiary/aromatic N) is 1. The van der Waals surface area contributed by atoms with Crippen LogP contribution >= 0.6 is 0 Å². The zero-order chi connectivity index (χ0) is 15.5. The van der Waals surface area contributed by atoms with Crippen LogP contribution in [0.3, 0.4) is 0 Å². The van der Waals surface area contributed by atoms with Crippen LogP contribution in [0.2, 0.25) is 0 Å². The Morgan fingerprint density at radius 1 is 1.09 bits per heavy atom. The van der Waals surface area contributed by atoms with Gasteiger partial charge in [0.25, 0.3) is 0 Å². The molecule has 0 amide bonds. The predicted octanol–water partition coefficient (Wildman–Crippen LogP) is 3.14. The Kier molecular flexibility index (Phi) is 4.07. The number of benzene rings is 2. The monoisotopic (exact) mass is 293 g/mol. The summed E-state index contributed by atoms with van der Waals surface area (Å²) in [6.45, 7) is 0.918. The quantitative estimate of drug-likeness (QED) is 0.814. The highest BCUT2D eigenvalue weighted by atomic mass is 16.5. The normalized spacial score (nSPS) is 15.0. The van der Waals surface area contributed by atoms with Crippen molar-refractivity contribution < 1.29 is 9.53 Å². The Morgan fingerprint density at radius 2 is 1.77 bits per heavy atom. The highest BCUT2D eigenvalue weighted by molar-refractivity contribution is 6.02. The Bertz CT molecular complexity index is 682. The molecule has 1 heterocycles. The number of fused-ring (bicyclic) bond motifs is 2. The van der Waals surface area contributed by atoms with E-state index in [9.17, 15) is 4.79 Å². The zero-order valence-corrected chi connectivity index (χ0v) is 12.9. The fourth-order valence-electron chi connectivity index (χ4n) is 2.70. The van der Waals surface area contributed by atoms with Crippen LogP contribution in [0.5, 0.6) is 5.75 Å². The lowest BCUT2D eigenvalue weighted by molar-refractivity contribution is -0.115. The van der Waals surface area contributed by atoms with Crippen molar-refractivity contribution in [3.8, 4) is 5.75 Å². The number of para-hydroxylation sites is 1. The highest BCUT2D eigenvalue weighted by Gasteiger charge is 2.19. The van der Waals surface area contributed by atoms with E-state index in [1.807, 2.05) is 61.5 Å². The molecule has 1 aliphatic rings. The van der Waals surface area contributed by atoms with Gasteiger partial charge in [-0.3, -0.25) is 4.79 Å². The average Bonchev–Trinajstić information content (AvgIpc) is 2.65. The van der Waals surface area contributed by atoms with E-state index >= 15 is 0 Å². The first-order valence-corrected chi connectivity index (χ1v) is 7.35. The second-order valence-corrected chi connectivity index (χ2v) is 5.70. The first-order chi connectivity index (χ1) is 10.6. The second-order valence-electron chi connectivity index (χ2n) is 5.70. The van der Waals surface area contributed by atoms with E-state index in [2.05, 4.69) is 6.07 Å². The van der Waals surface area contributed by atoms with Crippen molar-refractivity contribution in [2.75, 3.05) is 20.6 Å². The SMILES string of the molecule is CN(C)CC(=O)/C=C1\c2ccccc2COc2ccccc21. The molecule has 0 fully saturated rings. The summed E-state index contributed by atoms with van der Waals surface area (Å²) in [6, 6.07) is 16.0. The molecule has 2 aromatic rings. The van der Waals surface area contributed by atoms with Crippen LogP contribution in [0.1, 0.15) is 16.7 Å². The molecule has 2 aromatic carbocycles. The van der Waals surface area contributed by atoms with Gasteiger partial charge in [-0.1, -0.05) is 42.5 Å². The molecule has 0 aliphatic carbocycles. The maximum atomic E-state index is 12.3. The first kappa shape index (κ1) is 14.5. The van der Waals surface area contributed by atoms with Gasteiger partial charge in [-0.2, -0.15) is 0 Å². The summed E-state index contributed by atoms with van der Waals surface area (Å²) in [5.41, 5.74) is 4.08. The van der Waals surface area contributed by atoms with E-state index < -0.39 is 0 Å². The molecule has 3 nitrogen and oxygen atoms in total. The third-order valence-electron chi connectivity index (χ3n) is 3.65. The maximum Gasteiger partial charge on any atom is 0.170 e. The molecule has 0 bridgehead atoms. The molecular formula is C19H19NO2. The molecule has 112 valence electrons. The lowest BCUT2D eigenvalue weighted by Gasteiger charge is -2.11. The van der Waals surface area contributed by atoms with Crippen molar-refractivity contribution in [1.29, 1.82) is 0 Å². The fourth-order valence-corrected chi connectivity index (χ4v) is 2.70. The largest absolute Gasteiger partial charge is 0.488 e. The number of ketones is 1. The van der Waals surface area contributed by atoms with Crippen molar-refractivity contribution in [2.24, 2.45) is 0 Å². The lowest BCUT2D eigenvalue weighted by atomic mass is 9.93. The average molecular weight is 293 g/mol. The summed E-state index contributed by atoms with van der Waals surface area (Å²) in [5.74, 6) is 0.911. The summed E-state index contributed by atoms with van der Waals surface area (Å²) in [5, 5.41) is 0. The van der Waals surface area contributed by atoms with Crippen molar-refractivity contribution in [3.05, 3.63) is 71.3 Å². The molecule has 0 N–H and O–H groups in total. The zero-order valence-electron chi connectivity index (χ0n) is 12.9. The minimum atomic E-state index is 0.0894. The number of rotatable bonds is 3. The Hall–Kier alpha value is -2.39. The molecule has 3 heteroatoms. The minimum Gasteiger partial charge on any atom is -0.488 e. The van der Waals surface area contributed by atoms with E-state index in [-0.39, 0.29) is 5.78 Å². The van der Waals surface area contributed by atoms with Gasteiger partial charge in [0.1, 0.15) is 12.4 Å². The number of ether oxygens (including phenoxy) is 1. The molecule has 0 aromatic heterocycles. The molecule has 0 saturated carbocycles. The van der Waals surface area contributed by atoms with Gasteiger partial charge in [-0.15, -0.1) is 0 Å². The molecule has 0 unspecified atom stereocenters. The van der Waals surface area contributed by atoms with Crippen LogP contribution in [0, 0.1) is 0 Å². The highest BCUT2D eigenvalue weighted by Crippen LogP contribution is 2.36. The summed E-state index contributed by atoms with van der Waals surface area (Å²) in [6.07, 6.45) is 1.74. The van der Waals surface area contributed by atoms with E-state index in [4.69, 9.17) is 4.74 Å². The van der Waals surface area contributed by atoms with E-state index in [0.29, 0.717) is 13.2 Å². The van der Waals surface area contributed by atoms with E-state index in [0.717, 1.165) is 28.0 Å². The van der Waals surface area contributed by atoms with Gasteiger partial charge in [-0.25, -0.2) is 0 Å². The fraction of sp³-hybridized carbons (Fsp3) is 0.211. The second kappa shape index (κ2) is 6.16. The molecule has 0 radical (unpaired) electrons. The molecule has 0 spiro atoms. The topological polar surface area (TPSA) is 29.5 Å². The Morgan fingerprint density at radius 3 is 2.55 bits per heavy atom. The lowest BCUT2D eigenvalue weighted by Crippen LogP contribution is -2.20. The Balaban J connectivity index is 2.14. The van der Waals surface area contributed by atoms with Crippen LogP contribution in [0.25, 0.3) is 5.57 Å². The Labute approximate surface area is 130 Å². The van der Waals surface area contributed by atoms with Crippen molar-refractivity contribution in [1.82, 2.24) is 4.90 Å². The van der Waals surface area contributed by atoms with E-state index in [1.165, 1.54) is 0 Å². The van der Waals surface area contributed by atoms with Gasteiger partial charge in [0.05, 0.1) is 6.54 Å². The summed E-state index contributed by atoms with van der Waals surface area (Å²) in [7, 11) is 3.79. The molecule has 0 atom stereocenters. The number of hydrogen-bond acceptors (Lipinski definition) is 3. The van der Waals surface area contributed by atoms with Gasteiger partial charge < -0.3 is 9.64 Å². The molecule has 22 heavy (non-hydrogen) atoms. The van der Waals surface area contributed by atoms with Gasteiger partial charge in [0.2, 0.25) is 0 Å². The van der Waals surface area contributed by atoms with Gasteiger partial charge >= 0.3 is 0 Å². The van der Waals surface area contributed by atoms with E-state index in [1.54, 1.807) is 6.08 Å². The molecule has 3 rings (SSSR count). The summed E-state index contributed by atoms with van der Waals surface area (Å²) < 4.78 is 5.91. The van der Waals surface area contributed by atoms with Crippen LogP contribution in [0.4, 0.5) is 0 Å². The minimum absolute atomic E-state index is 0.0894. The number of carbonyl (C=O) groups excluding carboxylic acids is 1. The maximum absolute atomic E-state index is 12.3. The third kappa shape index (κ3) is 2.95. The van der Waals surface area contributed by atoms with Crippen molar-refractivity contribution in [2.45, 2.75) is 6.61 Å².